The van der Waals surface area contributed by atoms with Crippen LogP contribution in [0.1, 0.15) is 11.3 Å². The zero-order valence-corrected chi connectivity index (χ0v) is 8.12. The molecular weight excluding hydrogens is 192 g/mol. The van der Waals surface area contributed by atoms with Gasteiger partial charge in [-0.1, -0.05) is 0 Å². The fourth-order valence-electron chi connectivity index (χ4n) is 1.92. The van der Waals surface area contributed by atoms with Crippen molar-refractivity contribution in [2.45, 2.75) is 13.0 Å². The van der Waals surface area contributed by atoms with Crippen LogP contribution >= 0.6 is 0 Å². The summed E-state index contributed by atoms with van der Waals surface area (Å²) in [4.78, 5) is 19.4. The number of rotatable bonds is 0. The maximum atomic E-state index is 12.0. The fraction of sp³-hybridized carbons (Fsp3) is 0.273. The van der Waals surface area contributed by atoms with Gasteiger partial charge in [-0.05, 0) is 12.1 Å². The Labute approximate surface area is 85.9 Å². The van der Waals surface area contributed by atoms with Gasteiger partial charge in [0.2, 0.25) is 0 Å². The maximum Gasteiger partial charge on any atom is 0.196 e. The standard InChI is InChI=1S/C11H10N2O2/c14-10-7-2-1-4-12-11(7)13-9-3-5-15-6-8(9)10/h1-2,4H,3,5-6H2,(H,12,13,14). The van der Waals surface area contributed by atoms with Crippen LogP contribution in [0.25, 0.3) is 11.0 Å². The first-order chi connectivity index (χ1) is 7.36. The maximum absolute atomic E-state index is 12.0. The van der Waals surface area contributed by atoms with E-state index in [9.17, 15) is 4.79 Å². The molecule has 2 aromatic rings. The summed E-state index contributed by atoms with van der Waals surface area (Å²) in [5.41, 5.74) is 2.44. The summed E-state index contributed by atoms with van der Waals surface area (Å²) in [5.74, 6) is 0. The van der Waals surface area contributed by atoms with Gasteiger partial charge in [0.1, 0.15) is 5.65 Å². The monoisotopic (exact) mass is 202 g/mol. The minimum Gasteiger partial charge on any atom is -0.376 e. The van der Waals surface area contributed by atoms with Crippen LogP contribution in [0, 0.1) is 0 Å². The molecule has 0 saturated heterocycles. The number of aromatic amines is 1. The Bertz CT molecular complexity index is 574. The number of H-pyrrole nitrogens is 1. The molecule has 76 valence electrons. The van der Waals surface area contributed by atoms with Crippen molar-refractivity contribution in [3.63, 3.8) is 0 Å². The smallest absolute Gasteiger partial charge is 0.196 e. The molecule has 1 aliphatic heterocycles. The van der Waals surface area contributed by atoms with Crippen LogP contribution in [0.4, 0.5) is 0 Å². The van der Waals surface area contributed by atoms with Crippen LogP contribution in [0.3, 0.4) is 0 Å². The third-order valence-corrected chi connectivity index (χ3v) is 2.70. The Hall–Kier alpha value is -1.68. The molecule has 0 amide bonds. The van der Waals surface area contributed by atoms with Crippen molar-refractivity contribution in [3.8, 4) is 0 Å². The van der Waals surface area contributed by atoms with Gasteiger partial charge >= 0.3 is 0 Å². The summed E-state index contributed by atoms with van der Waals surface area (Å²) in [6, 6.07) is 3.56. The number of pyridine rings is 2. The molecule has 0 atom stereocenters. The highest BCUT2D eigenvalue weighted by atomic mass is 16.5. The third kappa shape index (κ3) is 1.26. The van der Waals surface area contributed by atoms with Crippen molar-refractivity contribution in [2.24, 2.45) is 0 Å². The molecule has 1 N–H and O–H groups in total. The molecule has 2 aromatic heterocycles. The zero-order valence-electron chi connectivity index (χ0n) is 8.12. The van der Waals surface area contributed by atoms with Crippen molar-refractivity contribution < 1.29 is 4.74 Å². The van der Waals surface area contributed by atoms with E-state index in [0.717, 1.165) is 17.7 Å². The van der Waals surface area contributed by atoms with E-state index in [0.29, 0.717) is 24.2 Å². The number of aromatic nitrogens is 2. The van der Waals surface area contributed by atoms with E-state index in [4.69, 9.17) is 4.74 Å². The highest BCUT2D eigenvalue weighted by Gasteiger charge is 2.15. The lowest BCUT2D eigenvalue weighted by molar-refractivity contribution is 0.108. The lowest BCUT2D eigenvalue weighted by Gasteiger charge is -2.15. The van der Waals surface area contributed by atoms with Crippen LogP contribution < -0.4 is 5.43 Å². The Balaban J connectivity index is 2.41. The Kier molecular flexibility index (Phi) is 1.82. The minimum atomic E-state index is 0.0477. The molecule has 0 aliphatic carbocycles. The van der Waals surface area contributed by atoms with Crippen molar-refractivity contribution >= 4 is 11.0 Å². The molecule has 0 saturated carbocycles. The second kappa shape index (κ2) is 3.17. The molecular formula is C11H10N2O2. The number of fused-ring (bicyclic) bond motifs is 2. The Morgan fingerprint density at radius 2 is 2.40 bits per heavy atom. The van der Waals surface area contributed by atoms with Crippen molar-refractivity contribution in [3.05, 3.63) is 39.8 Å². The number of nitrogens with zero attached hydrogens (tertiary/aromatic N) is 1. The van der Waals surface area contributed by atoms with Gasteiger partial charge in [-0.3, -0.25) is 4.79 Å². The van der Waals surface area contributed by atoms with Gasteiger partial charge in [0.05, 0.1) is 18.6 Å². The Morgan fingerprint density at radius 3 is 3.33 bits per heavy atom. The normalized spacial score (nSPS) is 15.2. The molecule has 0 aromatic carbocycles. The molecule has 0 fully saturated rings. The van der Waals surface area contributed by atoms with Gasteiger partial charge < -0.3 is 9.72 Å². The van der Waals surface area contributed by atoms with Gasteiger partial charge in [0.15, 0.2) is 5.43 Å². The van der Waals surface area contributed by atoms with Gasteiger partial charge in [-0.15, -0.1) is 0 Å². The number of hydrogen-bond acceptors (Lipinski definition) is 3. The van der Waals surface area contributed by atoms with Gasteiger partial charge in [-0.25, -0.2) is 4.98 Å². The molecule has 3 heterocycles. The van der Waals surface area contributed by atoms with E-state index in [1.807, 2.05) is 0 Å². The summed E-state index contributed by atoms with van der Waals surface area (Å²) in [5, 5.41) is 0.641. The van der Waals surface area contributed by atoms with E-state index in [1.165, 1.54) is 0 Å². The fourth-order valence-corrected chi connectivity index (χ4v) is 1.92. The average Bonchev–Trinajstić information content (AvgIpc) is 2.30. The lowest BCUT2D eigenvalue weighted by Crippen LogP contribution is -2.21. The first kappa shape index (κ1) is 8.61. The summed E-state index contributed by atoms with van der Waals surface area (Å²) in [6.45, 7) is 1.08. The van der Waals surface area contributed by atoms with E-state index in [-0.39, 0.29) is 5.43 Å². The third-order valence-electron chi connectivity index (χ3n) is 2.70. The van der Waals surface area contributed by atoms with Gasteiger partial charge in [-0.2, -0.15) is 0 Å². The summed E-state index contributed by atoms with van der Waals surface area (Å²) >= 11 is 0. The largest absolute Gasteiger partial charge is 0.376 e. The van der Waals surface area contributed by atoms with Gasteiger partial charge in [0.25, 0.3) is 0 Å². The van der Waals surface area contributed by atoms with Crippen LogP contribution in [0.5, 0.6) is 0 Å². The van der Waals surface area contributed by atoms with Gasteiger partial charge in [0, 0.05) is 23.9 Å². The van der Waals surface area contributed by atoms with Crippen molar-refractivity contribution in [2.75, 3.05) is 6.61 Å². The highest BCUT2D eigenvalue weighted by Crippen LogP contribution is 2.14. The number of hydrogen-bond donors (Lipinski definition) is 1. The molecule has 4 nitrogen and oxygen atoms in total. The first-order valence-corrected chi connectivity index (χ1v) is 4.93. The second-order valence-electron chi connectivity index (χ2n) is 3.61. The number of ether oxygens (including phenoxy) is 1. The van der Waals surface area contributed by atoms with Crippen molar-refractivity contribution in [1.29, 1.82) is 0 Å². The lowest BCUT2D eigenvalue weighted by atomic mass is 10.1. The summed E-state index contributed by atoms with van der Waals surface area (Å²) in [7, 11) is 0. The minimum absolute atomic E-state index is 0.0477. The molecule has 0 bridgehead atoms. The summed E-state index contributed by atoms with van der Waals surface area (Å²) < 4.78 is 5.29. The first-order valence-electron chi connectivity index (χ1n) is 4.93. The predicted molar refractivity (Wildman–Crippen MR) is 55.7 cm³/mol. The highest BCUT2D eigenvalue weighted by molar-refractivity contribution is 5.75. The van der Waals surface area contributed by atoms with E-state index >= 15 is 0 Å². The van der Waals surface area contributed by atoms with E-state index in [2.05, 4.69) is 9.97 Å². The van der Waals surface area contributed by atoms with Crippen LogP contribution in [-0.2, 0) is 17.8 Å². The molecule has 1 aliphatic rings. The quantitative estimate of drug-likeness (QED) is 0.693. The predicted octanol–water partition coefficient (Wildman–Crippen LogP) is 0.996. The second-order valence-corrected chi connectivity index (χ2v) is 3.61. The van der Waals surface area contributed by atoms with Crippen LogP contribution in [-0.4, -0.2) is 16.6 Å². The van der Waals surface area contributed by atoms with Crippen LogP contribution in [0.2, 0.25) is 0 Å². The molecule has 0 radical (unpaired) electrons. The Morgan fingerprint density at radius 1 is 1.47 bits per heavy atom. The van der Waals surface area contributed by atoms with E-state index in [1.54, 1.807) is 18.3 Å². The molecule has 4 heteroatoms. The molecule has 0 spiro atoms. The molecule has 3 rings (SSSR count). The topological polar surface area (TPSA) is 55.0 Å². The SMILES string of the molecule is O=c1c2c([nH]c3ncccc13)CCOC2. The molecule has 15 heavy (non-hydrogen) atoms. The van der Waals surface area contributed by atoms with Crippen molar-refractivity contribution in [1.82, 2.24) is 9.97 Å². The summed E-state index contributed by atoms with van der Waals surface area (Å²) in [6.07, 6.45) is 2.45. The zero-order chi connectivity index (χ0) is 10.3. The van der Waals surface area contributed by atoms with Crippen LogP contribution in [0.15, 0.2) is 23.1 Å². The average molecular weight is 202 g/mol. The molecule has 0 unspecified atom stereocenters. The number of nitrogens with one attached hydrogen (secondary N) is 1. The van der Waals surface area contributed by atoms with E-state index < -0.39 is 0 Å².